The van der Waals surface area contributed by atoms with Crippen molar-refractivity contribution in [3.63, 3.8) is 0 Å². The largest absolute Gasteiger partial charge is 0.491 e. The van der Waals surface area contributed by atoms with E-state index in [1.54, 1.807) is 11.3 Å². The third-order valence-corrected chi connectivity index (χ3v) is 4.32. The van der Waals surface area contributed by atoms with E-state index in [1.165, 1.54) is 10.4 Å². The number of nitrogens with one attached hydrogen (secondary N) is 1. The molecule has 23 heavy (non-hydrogen) atoms. The number of rotatable bonds is 7. The minimum atomic E-state index is 0.0216. The molecule has 0 amide bonds. The average molecular weight is 326 g/mol. The van der Waals surface area contributed by atoms with Crippen LogP contribution in [0.3, 0.4) is 0 Å². The van der Waals surface area contributed by atoms with E-state index in [0.717, 1.165) is 16.4 Å². The molecule has 0 fully saturated rings. The van der Waals surface area contributed by atoms with Crippen LogP contribution in [-0.4, -0.2) is 23.3 Å². The van der Waals surface area contributed by atoms with E-state index in [9.17, 15) is 0 Å². The van der Waals surface area contributed by atoms with Gasteiger partial charge in [0, 0.05) is 11.9 Å². The van der Waals surface area contributed by atoms with Crippen LogP contribution in [0, 0.1) is 0 Å². The van der Waals surface area contributed by atoms with E-state index >= 15 is 0 Å². The number of aliphatic hydroxyl groups is 1. The average Bonchev–Trinajstić information content (AvgIpc) is 3.09. The fourth-order valence-corrected chi connectivity index (χ4v) is 3.00. The van der Waals surface area contributed by atoms with Crippen LogP contribution < -0.4 is 10.1 Å². The second-order valence-electron chi connectivity index (χ2n) is 4.93. The first-order chi connectivity index (χ1) is 11.3. The third-order valence-electron chi connectivity index (χ3n) is 3.27. The van der Waals surface area contributed by atoms with E-state index in [0.29, 0.717) is 13.2 Å². The molecule has 0 bridgehead atoms. The summed E-state index contributed by atoms with van der Waals surface area (Å²) in [5.74, 6) is 0.755. The van der Waals surface area contributed by atoms with Gasteiger partial charge >= 0.3 is 0 Å². The molecule has 2 N–H and O–H groups in total. The van der Waals surface area contributed by atoms with Crippen molar-refractivity contribution in [1.82, 2.24) is 4.98 Å². The molecule has 0 unspecified atom stereocenters. The Labute approximate surface area is 139 Å². The summed E-state index contributed by atoms with van der Waals surface area (Å²) in [6.07, 6.45) is 1.92. The number of aromatic nitrogens is 1. The van der Waals surface area contributed by atoms with Gasteiger partial charge in [-0.2, -0.15) is 0 Å². The number of nitrogens with zero attached hydrogens (tertiary/aromatic N) is 1. The molecular weight excluding hydrogens is 308 g/mol. The molecule has 0 saturated carbocycles. The van der Waals surface area contributed by atoms with Crippen molar-refractivity contribution in [2.24, 2.45) is 0 Å². The smallest absolute Gasteiger partial charge is 0.119 e. The summed E-state index contributed by atoms with van der Waals surface area (Å²) in [4.78, 5) is 5.65. The lowest BCUT2D eigenvalue weighted by atomic mass is 10.2. The zero-order valence-electron chi connectivity index (χ0n) is 12.6. The minimum absolute atomic E-state index is 0.0216. The van der Waals surface area contributed by atoms with Crippen LogP contribution in [0.1, 0.15) is 5.01 Å². The molecule has 0 aliphatic heterocycles. The first-order valence-electron chi connectivity index (χ1n) is 7.43. The predicted molar refractivity (Wildman–Crippen MR) is 93.9 cm³/mol. The molecule has 0 radical (unpaired) electrons. The Morgan fingerprint density at radius 2 is 1.83 bits per heavy atom. The van der Waals surface area contributed by atoms with Gasteiger partial charge in [-0.25, -0.2) is 4.98 Å². The number of hydrogen-bond donors (Lipinski definition) is 2. The molecule has 0 spiro atoms. The third kappa shape index (κ3) is 4.31. The van der Waals surface area contributed by atoms with Crippen LogP contribution in [0.2, 0.25) is 0 Å². The van der Waals surface area contributed by atoms with Gasteiger partial charge in [-0.15, -0.1) is 11.3 Å². The Kier molecular flexibility index (Phi) is 5.24. The quantitative estimate of drug-likeness (QED) is 0.693. The van der Waals surface area contributed by atoms with Gasteiger partial charge in [-0.3, -0.25) is 0 Å². The molecule has 3 rings (SSSR count). The minimum Gasteiger partial charge on any atom is -0.491 e. The first-order valence-corrected chi connectivity index (χ1v) is 8.24. The van der Waals surface area contributed by atoms with E-state index in [2.05, 4.69) is 22.4 Å². The highest BCUT2D eigenvalue weighted by Gasteiger charge is 2.04. The van der Waals surface area contributed by atoms with Crippen LogP contribution in [0.15, 0.2) is 60.8 Å². The summed E-state index contributed by atoms with van der Waals surface area (Å²) in [5.41, 5.74) is 2.21. The molecule has 0 aliphatic carbocycles. The monoisotopic (exact) mass is 326 g/mol. The van der Waals surface area contributed by atoms with Crippen LogP contribution in [-0.2, 0) is 6.54 Å². The molecule has 3 aromatic rings. The molecule has 2 aromatic carbocycles. The van der Waals surface area contributed by atoms with Crippen LogP contribution in [0.5, 0.6) is 5.75 Å². The molecule has 0 aliphatic rings. The highest BCUT2D eigenvalue weighted by molar-refractivity contribution is 7.15. The number of ether oxygens (including phenoxy) is 1. The van der Waals surface area contributed by atoms with Crippen molar-refractivity contribution >= 4 is 17.0 Å². The second kappa shape index (κ2) is 7.76. The molecule has 1 heterocycles. The topological polar surface area (TPSA) is 54.4 Å². The van der Waals surface area contributed by atoms with Gasteiger partial charge in [0.1, 0.15) is 17.4 Å². The van der Waals surface area contributed by atoms with Crippen molar-refractivity contribution < 1.29 is 9.84 Å². The van der Waals surface area contributed by atoms with Gasteiger partial charge in [0.05, 0.1) is 18.0 Å². The molecule has 4 nitrogen and oxygen atoms in total. The van der Waals surface area contributed by atoms with Gasteiger partial charge in [-0.05, 0) is 29.8 Å². The van der Waals surface area contributed by atoms with Crippen molar-refractivity contribution in [3.8, 4) is 16.2 Å². The predicted octanol–water partition coefficient (Wildman–Crippen LogP) is 3.79. The van der Waals surface area contributed by atoms with Crippen molar-refractivity contribution in [1.29, 1.82) is 0 Å². The second-order valence-corrected chi connectivity index (χ2v) is 6.05. The number of anilines is 1. The van der Waals surface area contributed by atoms with Gasteiger partial charge in [-0.1, -0.05) is 30.3 Å². The van der Waals surface area contributed by atoms with E-state index in [4.69, 9.17) is 9.84 Å². The Balaban J connectivity index is 1.57. The summed E-state index contributed by atoms with van der Waals surface area (Å²) < 4.78 is 5.34. The number of thiazole rings is 1. The van der Waals surface area contributed by atoms with Crippen molar-refractivity contribution in [3.05, 3.63) is 65.8 Å². The van der Waals surface area contributed by atoms with E-state index in [-0.39, 0.29) is 6.61 Å². The molecule has 0 saturated heterocycles. The Bertz CT molecular complexity index is 726. The van der Waals surface area contributed by atoms with Gasteiger partial charge in [0.15, 0.2) is 0 Å². The van der Waals surface area contributed by atoms with Crippen molar-refractivity contribution in [2.45, 2.75) is 6.54 Å². The Morgan fingerprint density at radius 1 is 1.04 bits per heavy atom. The maximum absolute atomic E-state index is 8.73. The lowest BCUT2D eigenvalue weighted by Crippen LogP contribution is -2.02. The number of aliphatic hydroxyl groups excluding tert-OH is 1. The number of benzene rings is 2. The van der Waals surface area contributed by atoms with Gasteiger partial charge in [0.25, 0.3) is 0 Å². The lowest BCUT2D eigenvalue weighted by Gasteiger charge is -2.07. The SMILES string of the molecule is OCCOc1ccc(NCc2ncc(-c3ccccc3)s2)cc1. The maximum atomic E-state index is 8.73. The van der Waals surface area contributed by atoms with Gasteiger partial charge < -0.3 is 15.2 Å². The zero-order valence-corrected chi connectivity index (χ0v) is 13.4. The van der Waals surface area contributed by atoms with E-state index in [1.807, 2.05) is 48.7 Å². The Hall–Kier alpha value is -2.37. The molecule has 118 valence electrons. The van der Waals surface area contributed by atoms with Gasteiger partial charge in [0.2, 0.25) is 0 Å². The van der Waals surface area contributed by atoms with Crippen LogP contribution in [0.25, 0.3) is 10.4 Å². The summed E-state index contributed by atoms with van der Waals surface area (Å²) >= 11 is 1.69. The molecule has 5 heteroatoms. The summed E-state index contributed by atoms with van der Waals surface area (Å²) in [5, 5.41) is 13.1. The lowest BCUT2D eigenvalue weighted by molar-refractivity contribution is 0.201. The highest BCUT2D eigenvalue weighted by atomic mass is 32.1. The standard InChI is InChI=1S/C18H18N2O2S/c21-10-11-22-16-8-6-15(7-9-16)19-13-18-20-12-17(23-18)14-4-2-1-3-5-14/h1-9,12,19,21H,10-11,13H2. The Morgan fingerprint density at radius 3 is 2.57 bits per heavy atom. The molecule has 0 atom stereocenters. The highest BCUT2D eigenvalue weighted by Crippen LogP contribution is 2.26. The van der Waals surface area contributed by atoms with Crippen LogP contribution in [0.4, 0.5) is 5.69 Å². The first kappa shape index (κ1) is 15.5. The zero-order chi connectivity index (χ0) is 15.9. The maximum Gasteiger partial charge on any atom is 0.119 e. The summed E-state index contributed by atoms with van der Waals surface area (Å²) in [6, 6.07) is 18.0. The molecular formula is C18H18N2O2S. The summed E-state index contributed by atoms with van der Waals surface area (Å²) in [6.45, 7) is 1.02. The number of hydrogen-bond acceptors (Lipinski definition) is 5. The summed E-state index contributed by atoms with van der Waals surface area (Å²) in [7, 11) is 0. The van der Waals surface area contributed by atoms with Crippen LogP contribution >= 0.6 is 11.3 Å². The normalized spacial score (nSPS) is 10.5. The fraction of sp³-hybridized carbons (Fsp3) is 0.167. The van der Waals surface area contributed by atoms with Crippen molar-refractivity contribution in [2.75, 3.05) is 18.5 Å². The van der Waals surface area contributed by atoms with E-state index < -0.39 is 0 Å². The fourth-order valence-electron chi connectivity index (χ4n) is 2.14. The molecule has 1 aromatic heterocycles.